The molecule has 4 heterocycles. The van der Waals surface area contributed by atoms with Crippen LogP contribution in [0.4, 0.5) is 0 Å². The highest BCUT2D eigenvalue weighted by Gasteiger charge is 2.70. The number of aliphatic hydroxyl groups is 14. The van der Waals surface area contributed by atoms with Gasteiger partial charge in [-0.3, -0.25) is 0 Å². The molecule has 22 nitrogen and oxygen atoms in total. The normalized spacial score (nSPS) is 52.7. The van der Waals surface area contributed by atoms with Crippen molar-refractivity contribution in [3.8, 4) is 0 Å². The van der Waals surface area contributed by atoms with Gasteiger partial charge in [-0.2, -0.15) is 0 Å². The quantitative estimate of drug-likeness (QED) is 0.0651. The van der Waals surface area contributed by atoms with Crippen molar-refractivity contribution in [1.82, 2.24) is 0 Å². The molecule has 0 bridgehead atoms. The molecule has 0 aromatic carbocycles. The van der Waals surface area contributed by atoms with E-state index in [9.17, 15) is 71.5 Å². The van der Waals surface area contributed by atoms with Gasteiger partial charge in [0.1, 0.15) is 91.6 Å². The number of hydrogen-bond acceptors (Lipinski definition) is 22. The van der Waals surface area contributed by atoms with Gasteiger partial charge in [-0.05, 0) is 131 Å². The summed E-state index contributed by atoms with van der Waals surface area (Å²) in [6.07, 6.45) is -23.4. The molecule has 75 heavy (non-hydrogen) atoms. The summed E-state index contributed by atoms with van der Waals surface area (Å²) in [6, 6.07) is 0. The lowest BCUT2D eigenvalue weighted by atomic mass is 9.39. The molecule has 0 amide bonds. The lowest BCUT2D eigenvalue weighted by Gasteiger charge is -2.67. The summed E-state index contributed by atoms with van der Waals surface area (Å²) in [5.41, 5.74) is -1.07. The summed E-state index contributed by atoms with van der Waals surface area (Å²) in [5.74, 6) is -0.0990. The number of hydrogen-bond donors (Lipinski definition) is 14. The molecule has 8 aliphatic rings. The van der Waals surface area contributed by atoms with Crippen molar-refractivity contribution in [1.29, 1.82) is 0 Å². The number of fused-ring (bicyclic) bond motifs is 5. The molecular formula is C53H90O22. The molecule has 8 fully saturated rings. The van der Waals surface area contributed by atoms with Crippen LogP contribution in [-0.4, -0.2) is 232 Å². The zero-order valence-corrected chi connectivity index (χ0v) is 44.7. The fourth-order valence-corrected chi connectivity index (χ4v) is 15.5. The molecule has 0 unspecified atom stereocenters. The molecule has 14 N–H and O–H groups in total. The second kappa shape index (κ2) is 23.0. The molecule has 0 aromatic rings. The second-order valence-corrected chi connectivity index (χ2v) is 25.0. The Bertz CT molecular complexity index is 1930. The van der Waals surface area contributed by atoms with Gasteiger partial charge in [-0.15, -0.1) is 0 Å². The summed E-state index contributed by atoms with van der Waals surface area (Å²) in [7, 11) is 0. The van der Waals surface area contributed by atoms with Crippen LogP contribution in [0.1, 0.15) is 113 Å². The number of allylic oxidation sites excluding steroid dienone is 2. The Kier molecular flexibility index (Phi) is 18.4. The van der Waals surface area contributed by atoms with E-state index in [2.05, 4.69) is 33.8 Å². The first-order chi connectivity index (χ1) is 35.1. The third kappa shape index (κ3) is 10.8. The smallest absolute Gasteiger partial charge is 0.187 e. The van der Waals surface area contributed by atoms with Gasteiger partial charge in [0.25, 0.3) is 0 Å². The van der Waals surface area contributed by atoms with Crippen LogP contribution in [-0.2, 0) is 37.9 Å². The van der Waals surface area contributed by atoms with Crippen molar-refractivity contribution in [3.05, 3.63) is 11.6 Å². The highest BCUT2D eigenvalue weighted by molar-refractivity contribution is 5.18. The van der Waals surface area contributed by atoms with Crippen LogP contribution in [0.3, 0.4) is 0 Å². The van der Waals surface area contributed by atoms with E-state index in [-0.39, 0.29) is 40.4 Å². The highest BCUT2D eigenvalue weighted by Crippen LogP contribution is 2.73. The highest BCUT2D eigenvalue weighted by atomic mass is 16.8. The van der Waals surface area contributed by atoms with E-state index in [4.69, 9.17) is 37.9 Å². The van der Waals surface area contributed by atoms with Crippen molar-refractivity contribution in [3.63, 3.8) is 0 Å². The average Bonchev–Trinajstić information content (AvgIpc) is 3.76. The van der Waals surface area contributed by atoms with E-state index in [0.29, 0.717) is 32.1 Å². The minimum Gasteiger partial charge on any atom is -0.394 e. The van der Waals surface area contributed by atoms with E-state index in [1.54, 1.807) is 0 Å². The molecule has 30 atom stereocenters. The Morgan fingerprint density at radius 2 is 1.15 bits per heavy atom. The van der Waals surface area contributed by atoms with E-state index in [0.717, 1.165) is 31.3 Å². The first kappa shape index (κ1) is 60.0. The Morgan fingerprint density at radius 3 is 1.79 bits per heavy atom. The maximum atomic E-state index is 12.7. The Morgan fingerprint density at radius 1 is 0.587 bits per heavy atom. The van der Waals surface area contributed by atoms with E-state index in [1.165, 1.54) is 6.92 Å². The predicted molar refractivity (Wildman–Crippen MR) is 260 cm³/mol. The summed E-state index contributed by atoms with van der Waals surface area (Å²) in [4.78, 5) is 0. The first-order valence-electron chi connectivity index (χ1n) is 27.4. The molecule has 4 aliphatic carbocycles. The lowest BCUT2D eigenvalue weighted by Crippen LogP contribution is -2.66. The molecule has 4 saturated heterocycles. The third-order valence-electron chi connectivity index (χ3n) is 20.3. The maximum absolute atomic E-state index is 12.7. The molecule has 0 aromatic heterocycles. The molecule has 4 saturated carbocycles. The third-order valence-corrected chi connectivity index (χ3v) is 20.3. The Balaban J connectivity index is 0.993. The molecule has 0 spiro atoms. The molecule has 434 valence electrons. The van der Waals surface area contributed by atoms with Crippen LogP contribution in [0, 0.1) is 45.8 Å². The predicted octanol–water partition coefficient (Wildman–Crippen LogP) is -1.57. The van der Waals surface area contributed by atoms with Gasteiger partial charge in [0.2, 0.25) is 0 Å². The van der Waals surface area contributed by atoms with Gasteiger partial charge in [-0.1, -0.05) is 39.3 Å². The van der Waals surface area contributed by atoms with E-state index in [1.807, 2.05) is 20.8 Å². The van der Waals surface area contributed by atoms with Crippen molar-refractivity contribution >= 4 is 0 Å². The minimum atomic E-state index is -1.81. The van der Waals surface area contributed by atoms with Gasteiger partial charge in [0.05, 0.1) is 43.7 Å². The van der Waals surface area contributed by atoms with Gasteiger partial charge >= 0.3 is 0 Å². The number of rotatable bonds is 15. The van der Waals surface area contributed by atoms with Crippen LogP contribution in [0.2, 0.25) is 0 Å². The summed E-state index contributed by atoms with van der Waals surface area (Å²) >= 11 is 0. The van der Waals surface area contributed by atoms with Crippen molar-refractivity contribution in [2.24, 2.45) is 45.8 Å². The number of ether oxygens (including phenoxy) is 8. The Hall–Kier alpha value is -1.14. The van der Waals surface area contributed by atoms with Gasteiger partial charge in [0.15, 0.2) is 25.2 Å². The van der Waals surface area contributed by atoms with Gasteiger partial charge in [-0.25, -0.2) is 0 Å². The molecular weight excluding hydrogens is 989 g/mol. The monoisotopic (exact) mass is 1080 g/mol. The van der Waals surface area contributed by atoms with Crippen LogP contribution in [0.15, 0.2) is 11.6 Å². The van der Waals surface area contributed by atoms with E-state index < -0.39 is 166 Å². The number of aliphatic hydroxyl groups excluding tert-OH is 14. The van der Waals surface area contributed by atoms with E-state index >= 15 is 0 Å². The van der Waals surface area contributed by atoms with Crippen LogP contribution in [0.25, 0.3) is 0 Å². The van der Waals surface area contributed by atoms with Gasteiger partial charge in [0, 0.05) is 0 Å². The molecule has 8 rings (SSSR count). The first-order valence-corrected chi connectivity index (χ1v) is 27.4. The molecule has 0 radical (unpaired) electrons. The topological polar surface area (TPSA) is 357 Å². The lowest BCUT2D eigenvalue weighted by molar-refractivity contribution is -0.377. The van der Waals surface area contributed by atoms with Crippen LogP contribution in [0.5, 0.6) is 0 Å². The summed E-state index contributed by atoms with van der Waals surface area (Å²) < 4.78 is 49.0. The zero-order chi connectivity index (χ0) is 55.0. The second-order valence-electron chi connectivity index (χ2n) is 25.0. The fourth-order valence-electron chi connectivity index (χ4n) is 15.5. The zero-order valence-electron chi connectivity index (χ0n) is 44.7. The molecule has 4 aliphatic heterocycles. The largest absolute Gasteiger partial charge is 0.394 e. The van der Waals surface area contributed by atoms with Crippen LogP contribution >= 0.6 is 0 Å². The SMILES string of the molecule is CC(C)=CCC[C@](C)(O[C@@H]1O[C@H](CO[C@@H]2O[C@@H](C)[C@H](O)[C@@H](O)[C@H]2O)[C@@H](O)[C@H](O)[C@H]1O)[C@H]1CC[C@]2(C)[C@@H]1[C@H](O)C[C@@H]1[C@@H]3CC[C@@H](O[C@@H]4O[C@H](CO)[C@@H](O)[C@H](O)[C@H]4O[C@@H]4O[C@H](CO)[C@@H](O)[C@H](O)[C@H]4O)C(C)(C)[C@H]3CC[C@]12C. The maximum Gasteiger partial charge on any atom is 0.187 e. The fraction of sp³-hybridized carbons (Fsp3) is 0.962. The summed E-state index contributed by atoms with van der Waals surface area (Å²) in [6.45, 7) is 14.6. The summed E-state index contributed by atoms with van der Waals surface area (Å²) in [5, 5.41) is 152. The minimum absolute atomic E-state index is 0.103. The standard InChI is InChI=1S/C53H90O22/c1-22(2)10-9-15-53(8,75-48-44(67)40(63)37(60)31(72-48)21-68-46-42(65)38(61)34(57)23(3)69-46)26-14-17-52(7)33(26)28(56)18-27-24-11-12-32(50(4,5)25(24)13-16-51(27,52)6)73-49-45(41(64)36(59)30(20-55)71-49)74-47-43(66)39(62)35(58)29(19-54)70-47/h10,23-49,54-67H,9,11-21H2,1-8H3/t23-,24+,25-,26-,27+,28+,29+,30+,31+,32+,33-,34-,35+,36+,37+,38+,39-,40-,41-,42+,43+,44+,45+,46+,47-,48-,49-,51+,52+,53-/m0/s1. The van der Waals surface area contributed by atoms with Crippen molar-refractivity contribution < 1.29 is 109 Å². The Labute approximate surface area is 439 Å². The van der Waals surface area contributed by atoms with Crippen LogP contribution < -0.4 is 0 Å². The van der Waals surface area contributed by atoms with Gasteiger partial charge < -0.3 is 109 Å². The van der Waals surface area contributed by atoms with Crippen molar-refractivity contribution in [2.75, 3.05) is 19.8 Å². The van der Waals surface area contributed by atoms with Crippen molar-refractivity contribution in [2.45, 2.75) is 254 Å². The molecule has 22 heteroatoms. The average molecular weight is 1080 g/mol.